The minimum absolute atomic E-state index is 0.0467. The number of hydrogen-bond acceptors (Lipinski definition) is 7. The van der Waals surface area contributed by atoms with Crippen molar-refractivity contribution in [3.63, 3.8) is 0 Å². The van der Waals surface area contributed by atoms with Crippen LogP contribution in [0.1, 0.15) is 65.0 Å². The molecule has 200 valence electrons. The fourth-order valence-electron chi connectivity index (χ4n) is 5.16. The number of benzene rings is 1. The molecule has 1 N–H and O–H groups in total. The summed E-state index contributed by atoms with van der Waals surface area (Å²) in [4.78, 5) is 54.2. The van der Waals surface area contributed by atoms with Crippen molar-refractivity contribution in [3.8, 4) is 0 Å². The van der Waals surface area contributed by atoms with Gasteiger partial charge < -0.3 is 19.7 Å². The molecule has 1 aromatic rings. The molecule has 1 aromatic carbocycles. The van der Waals surface area contributed by atoms with E-state index in [1.807, 2.05) is 44.2 Å². The van der Waals surface area contributed by atoms with Crippen LogP contribution in [0.3, 0.4) is 0 Å². The minimum Gasteiger partial charge on any atom is -0.489 e. The van der Waals surface area contributed by atoms with Crippen LogP contribution in [0, 0.1) is 0 Å². The minimum atomic E-state index is -0.688. The Morgan fingerprint density at radius 2 is 1.65 bits per heavy atom. The molecule has 3 aliphatic rings. The van der Waals surface area contributed by atoms with Crippen LogP contribution in [-0.2, 0) is 28.7 Å². The number of imide groups is 1. The molecule has 2 heterocycles. The molecule has 3 amide bonds. The maximum Gasteiger partial charge on any atom is 0.303 e. The van der Waals surface area contributed by atoms with E-state index in [1.54, 1.807) is 11.8 Å². The van der Waals surface area contributed by atoms with Gasteiger partial charge in [0, 0.05) is 18.7 Å². The fraction of sp³-hybridized carbons (Fsp3) is 0.500. The summed E-state index contributed by atoms with van der Waals surface area (Å²) in [5.74, 6) is -1.50. The Bertz CT molecular complexity index is 1070. The van der Waals surface area contributed by atoms with E-state index in [1.165, 1.54) is 6.92 Å². The number of ether oxygens (including phenoxy) is 2. The normalized spacial score (nSPS) is 22.5. The number of carbonyl (C=O) groups is 4. The lowest BCUT2D eigenvalue weighted by Gasteiger charge is -2.43. The highest BCUT2D eigenvalue weighted by molar-refractivity contribution is 6.09. The summed E-state index contributed by atoms with van der Waals surface area (Å²) in [6.45, 7) is 9.96. The highest BCUT2D eigenvalue weighted by Gasteiger charge is 2.49. The highest BCUT2D eigenvalue weighted by atomic mass is 16.5. The maximum atomic E-state index is 13.7. The summed E-state index contributed by atoms with van der Waals surface area (Å²) in [7, 11) is 0. The average molecular weight is 512 g/mol. The second kappa shape index (κ2) is 12.6. The second-order valence-corrected chi connectivity index (χ2v) is 9.17. The Hall–Kier alpha value is -3.62. The standard InChI is InChI=1S/C26H31N3O6.C2H6/c1-16(2)34-15-23(32)29-21-12-8-7-11-19(21)27-20-13-28(22(31)14-35-17(3)30)26(33)24(20)25(29)18-9-5-4-6-10-18;1-2/h4-6,9-10,19,21,25,27H,1,7-8,11-15H2,2-3H3;1-2H3/t19-,21-,25-;/m1./s1. The van der Waals surface area contributed by atoms with Crippen LogP contribution in [0.4, 0.5) is 0 Å². The van der Waals surface area contributed by atoms with Gasteiger partial charge in [0.05, 0.1) is 30.0 Å². The Morgan fingerprint density at radius 3 is 2.30 bits per heavy atom. The van der Waals surface area contributed by atoms with E-state index in [-0.39, 0.29) is 31.1 Å². The Kier molecular flexibility index (Phi) is 9.49. The van der Waals surface area contributed by atoms with Crippen molar-refractivity contribution in [1.29, 1.82) is 0 Å². The molecule has 1 saturated carbocycles. The van der Waals surface area contributed by atoms with E-state index in [9.17, 15) is 19.2 Å². The van der Waals surface area contributed by atoms with Gasteiger partial charge in [-0.15, -0.1) is 0 Å². The smallest absolute Gasteiger partial charge is 0.303 e. The molecule has 2 aliphatic heterocycles. The molecule has 0 saturated heterocycles. The summed E-state index contributed by atoms with van der Waals surface area (Å²) in [5.41, 5.74) is 1.78. The lowest BCUT2D eigenvalue weighted by atomic mass is 9.87. The van der Waals surface area contributed by atoms with Crippen molar-refractivity contribution in [3.05, 3.63) is 59.5 Å². The topological polar surface area (TPSA) is 105 Å². The fourth-order valence-corrected chi connectivity index (χ4v) is 5.16. The number of esters is 1. The summed E-state index contributed by atoms with van der Waals surface area (Å²) >= 11 is 0. The monoisotopic (exact) mass is 511 g/mol. The molecule has 1 aliphatic carbocycles. The summed E-state index contributed by atoms with van der Waals surface area (Å²) in [6, 6.07) is 8.48. The predicted molar refractivity (Wildman–Crippen MR) is 138 cm³/mol. The van der Waals surface area contributed by atoms with Gasteiger partial charge in [-0.2, -0.15) is 0 Å². The van der Waals surface area contributed by atoms with Crippen molar-refractivity contribution in [2.45, 2.75) is 71.5 Å². The summed E-state index contributed by atoms with van der Waals surface area (Å²) in [5, 5.41) is 3.51. The zero-order chi connectivity index (χ0) is 27.1. The molecular formula is C28H37N3O6. The van der Waals surface area contributed by atoms with Crippen LogP contribution in [0.2, 0.25) is 0 Å². The number of allylic oxidation sites excluding steroid dienone is 1. The van der Waals surface area contributed by atoms with E-state index in [2.05, 4.69) is 11.9 Å². The lowest BCUT2D eigenvalue weighted by molar-refractivity contribution is -0.153. The van der Waals surface area contributed by atoms with Gasteiger partial charge in [0.25, 0.3) is 17.7 Å². The molecule has 0 aromatic heterocycles. The molecule has 0 unspecified atom stereocenters. The molecule has 9 nitrogen and oxygen atoms in total. The Balaban J connectivity index is 0.00000186. The van der Waals surface area contributed by atoms with Crippen molar-refractivity contribution < 1.29 is 28.7 Å². The first kappa shape index (κ1) is 28.0. The van der Waals surface area contributed by atoms with Crippen molar-refractivity contribution in [1.82, 2.24) is 15.1 Å². The highest BCUT2D eigenvalue weighted by Crippen LogP contribution is 2.42. The molecule has 0 radical (unpaired) electrons. The molecule has 0 bridgehead atoms. The summed E-state index contributed by atoms with van der Waals surface area (Å²) in [6.07, 6.45) is 3.61. The quantitative estimate of drug-likeness (QED) is 0.462. The average Bonchev–Trinajstić information content (AvgIpc) is 3.13. The van der Waals surface area contributed by atoms with Gasteiger partial charge in [0.1, 0.15) is 0 Å². The van der Waals surface area contributed by atoms with Gasteiger partial charge in [-0.05, 0) is 25.3 Å². The van der Waals surface area contributed by atoms with Gasteiger partial charge in [-0.1, -0.05) is 63.6 Å². The number of fused-ring (bicyclic) bond motifs is 1. The van der Waals surface area contributed by atoms with Crippen molar-refractivity contribution >= 4 is 23.7 Å². The predicted octanol–water partition coefficient (Wildman–Crippen LogP) is 3.23. The van der Waals surface area contributed by atoms with Gasteiger partial charge >= 0.3 is 5.97 Å². The van der Waals surface area contributed by atoms with Gasteiger partial charge in [0.15, 0.2) is 13.2 Å². The van der Waals surface area contributed by atoms with Crippen molar-refractivity contribution in [2.24, 2.45) is 0 Å². The van der Waals surface area contributed by atoms with Gasteiger partial charge in [-0.3, -0.25) is 24.1 Å². The number of rotatable bonds is 6. The van der Waals surface area contributed by atoms with E-state index in [0.29, 0.717) is 17.0 Å². The third-order valence-electron chi connectivity index (χ3n) is 6.66. The largest absolute Gasteiger partial charge is 0.489 e. The zero-order valence-corrected chi connectivity index (χ0v) is 22.1. The molecule has 0 spiro atoms. The van der Waals surface area contributed by atoms with E-state index in [4.69, 9.17) is 9.47 Å². The molecular weight excluding hydrogens is 474 g/mol. The molecule has 37 heavy (non-hydrogen) atoms. The van der Waals surface area contributed by atoms with Crippen LogP contribution >= 0.6 is 0 Å². The molecule has 1 fully saturated rings. The maximum absolute atomic E-state index is 13.7. The van der Waals surface area contributed by atoms with Gasteiger partial charge in [-0.25, -0.2) is 0 Å². The zero-order valence-electron chi connectivity index (χ0n) is 22.1. The van der Waals surface area contributed by atoms with Crippen LogP contribution < -0.4 is 5.32 Å². The van der Waals surface area contributed by atoms with E-state index >= 15 is 0 Å². The van der Waals surface area contributed by atoms with Crippen LogP contribution in [0.15, 0.2) is 53.9 Å². The molecule has 9 heteroatoms. The van der Waals surface area contributed by atoms with E-state index in [0.717, 1.165) is 36.1 Å². The summed E-state index contributed by atoms with van der Waals surface area (Å²) < 4.78 is 10.3. The SMILES string of the molecule is C=C(C)OCC(=O)N1[C@@H]2CCCC[C@H]2NC2=C(C(=O)N(C(=O)COC(C)=O)C2)[C@H]1c1ccccc1.CC. The second-order valence-electron chi connectivity index (χ2n) is 9.17. The number of amides is 3. The van der Waals surface area contributed by atoms with Crippen LogP contribution in [0.5, 0.6) is 0 Å². The lowest BCUT2D eigenvalue weighted by Crippen LogP contribution is -2.55. The first-order valence-electron chi connectivity index (χ1n) is 12.9. The number of carbonyl (C=O) groups excluding carboxylic acids is 4. The van der Waals surface area contributed by atoms with Crippen LogP contribution in [-0.4, -0.2) is 65.3 Å². The van der Waals surface area contributed by atoms with Gasteiger partial charge in [0.2, 0.25) is 0 Å². The molecule has 4 rings (SSSR count). The number of hydrogen-bond donors (Lipinski definition) is 1. The van der Waals surface area contributed by atoms with Crippen molar-refractivity contribution in [2.75, 3.05) is 19.8 Å². The number of nitrogens with zero attached hydrogens (tertiary/aromatic N) is 2. The first-order valence-corrected chi connectivity index (χ1v) is 12.9. The van der Waals surface area contributed by atoms with E-state index < -0.39 is 30.4 Å². The Morgan fingerprint density at radius 1 is 1.00 bits per heavy atom. The number of nitrogens with one attached hydrogen (secondary N) is 1. The Labute approximate surface area is 218 Å². The first-order chi connectivity index (χ1) is 17.8. The third-order valence-corrected chi connectivity index (χ3v) is 6.66. The molecule has 3 atom stereocenters. The third kappa shape index (κ3) is 6.21. The van der Waals surface area contributed by atoms with Crippen LogP contribution in [0.25, 0.3) is 0 Å².